The number of carbonyl (C=O) groups is 2. The lowest BCUT2D eigenvalue weighted by atomic mass is 10.6. The van der Waals surface area contributed by atoms with Crippen LogP contribution in [0, 0.1) is 0 Å². The summed E-state index contributed by atoms with van der Waals surface area (Å²) in [5, 5.41) is 2.52. The number of carbonyl (C=O) groups excluding carboxylic acids is 2. The zero-order valence-corrected chi connectivity index (χ0v) is 12.1. The largest absolute Gasteiger partial charge is 0.465 e. The lowest BCUT2D eigenvalue weighted by Gasteiger charge is -2.03. The normalized spacial score (nSPS) is 9.89. The lowest BCUT2D eigenvalue weighted by molar-refractivity contribution is -0.139. The van der Waals surface area contributed by atoms with E-state index in [4.69, 9.17) is 4.74 Å². The number of thioether (sulfide) groups is 1. The Morgan fingerprint density at radius 2 is 2.06 bits per heavy atom. The molecule has 0 bridgehead atoms. The molecule has 0 radical (unpaired) electrons. The standard InChI is InChI=1S/C10H12BrN3O3S/c1-2-17-9(16)6-18-5-8(15)14-10-12-3-7(11)4-13-10/h3-4H,2,5-6H2,1H3,(H,12,13,14,15). The van der Waals surface area contributed by atoms with Crippen LogP contribution >= 0.6 is 27.7 Å². The summed E-state index contributed by atoms with van der Waals surface area (Å²) < 4.78 is 5.47. The second kappa shape index (κ2) is 8.04. The molecule has 0 saturated heterocycles. The van der Waals surface area contributed by atoms with Gasteiger partial charge in [0, 0.05) is 12.4 Å². The fourth-order valence-corrected chi connectivity index (χ4v) is 1.78. The van der Waals surface area contributed by atoms with Crippen molar-refractivity contribution in [2.24, 2.45) is 0 Å². The van der Waals surface area contributed by atoms with Gasteiger partial charge in [0.2, 0.25) is 11.9 Å². The van der Waals surface area contributed by atoms with E-state index in [0.29, 0.717) is 6.61 Å². The van der Waals surface area contributed by atoms with E-state index in [1.54, 1.807) is 6.92 Å². The molecule has 1 aromatic heterocycles. The van der Waals surface area contributed by atoms with Crippen LogP contribution in [0.3, 0.4) is 0 Å². The fraction of sp³-hybridized carbons (Fsp3) is 0.400. The summed E-state index contributed by atoms with van der Waals surface area (Å²) in [5.41, 5.74) is 0. The molecular formula is C10H12BrN3O3S. The van der Waals surface area contributed by atoms with Gasteiger partial charge in [-0.1, -0.05) is 0 Å². The van der Waals surface area contributed by atoms with Crippen molar-refractivity contribution in [1.29, 1.82) is 0 Å². The Balaban J connectivity index is 2.25. The molecule has 98 valence electrons. The van der Waals surface area contributed by atoms with Gasteiger partial charge in [-0.05, 0) is 22.9 Å². The molecule has 0 aliphatic heterocycles. The zero-order chi connectivity index (χ0) is 13.4. The lowest BCUT2D eigenvalue weighted by Crippen LogP contribution is -2.17. The van der Waals surface area contributed by atoms with Crippen LogP contribution in [0.15, 0.2) is 16.9 Å². The summed E-state index contributed by atoms with van der Waals surface area (Å²) in [6, 6.07) is 0. The van der Waals surface area contributed by atoms with E-state index in [0.717, 1.165) is 4.47 Å². The van der Waals surface area contributed by atoms with E-state index in [1.807, 2.05) is 0 Å². The highest BCUT2D eigenvalue weighted by Gasteiger charge is 2.07. The molecule has 6 nitrogen and oxygen atoms in total. The monoisotopic (exact) mass is 333 g/mol. The van der Waals surface area contributed by atoms with Crippen molar-refractivity contribution in [3.8, 4) is 0 Å². The Kier molecular flexibility index (Phi) is 6.66. The molecule has 0 aromatic carbocycles. The number of aromatic nitrogens is 2. The minimum Gasteiger partial charge on any atom is -0.465 e. The minimum atomic E-state index is -0.324. The van der Waals surface area contributed by atoms with Crippen molar-refractivity contribution >= 4 is 45.5 Å². The first-order chi connectivity index (χ1) is 8.61. The van der Waals surface area contributed by atoms with E-state index < -0.39 is 0 Å². The van der Waals surface area contributed by atoms with Crippen molar-refractivity contribution in [3.63, 3.8) is 0 Å². The van der Waals surface area contributed by atoms with Gasteiger partial charge < -0.3 is 4.74 Å². The zero-order valence-electron chi connectivity index (χ0n) is 9.68. The molecule has 18 heavy (non-hydrogen) atoms. The van der Waals surface area contributed by atoms with Gasteiger partial charge in [-0.3, -0.25) is 14.9 Å². The molecular weight excluding hydrogens is 322 g/mol. The number of ether oxygens (including phenoxy) is 1. The van der Waals surface area contributed by atoms with Crippen molar-refractivity contribution in [3.05, 3.63) is 16.9 Å². The Bertz CT molecular complexity index is 413. The van der Waals surface area contributed by atoms with Crippen LogP contribution in [0.1, 0.15) is 6.92 Å². The van der Waals surface area contributed by atoms with E-state index in [9.17, 15) is 9.59 Å². The molecule has 0 atom stereocenters. The number of hydrogen-bond acceptors (Lipinski definition) is 6. The molecule has 1 amide bonds. The third-order valence-corrected chi connectivity index (χ3v) is 2.95. The van der Waals surface area contributed by atoms with Crippen LogP contribution < -0.4 is 5.32 Å². The average molecular weight is 334 g/mol. The highest BCUT2D eigenvalue weighted by Crippen LogP contribution is 2.07. The SMILES string of the molecule is CCOC(=O)CSCC(=O)Nc1ncc(Br)cn1. The molecule has 1 aromatic rings. The second-order valence-corrected chi connectivity index (χ2v) is 4.97. The summed E-state index contributed by atoms with van der Waals surface area (Å²) >= 11 is 4.37. The maximum absolute atomic E-state index is 11.5. The molecule has 1 N–H and O–H groups in total. The van der Waals surface area contributed by atoms with Crippen LogP contribution in [0.5, 0.6) is 0 Å². The highest BCUT2D eigenvalue weighted by atomic mass is 79.9. The van der Waals surface area contributed by atoms with Crippen LogP contribution in [0.4, 0.5) is 5.95 Å². The van der Waals surface area contributed by atoms with Crippen LogP contribution in [-0.4, -0.2) is 40.0 Å². The van der Waals surface area contributed by atoms with Gasteiger partial charge in [-0.2, -0.15) is 0 Å². The smallest absolute Gasteiger partial charge is 0.315 e. The molecule has 0 saturated carbocycles. The van der Waals surface area contributed by atoms with E-state index in [-0.39, 0.29) is 29.3 Å². The van der Waals surface area contributed by atoms with E-state index >= 15 is 0 Å². The molecule has 8 heteroatoms. The number of nitrogens with one attached hydrogen (secondary N) is 1. The van der Waals surface area contributed by atoms with Crippen LogP contribution in [0.2, 0.25) is 0 Å². The molecule has 1 heterocycles. The molecule has 0 fully saturated rings. The van der Waals surface area contributed by atoms with Crippen molar-refractivity contribution < 1.29 is 14.3 Å². The Hall–Kier alpha value is -1.15. The van der Waals surface area contributed by atoms with Gasteiger partial charge in [0.1, 0.15) is 0 Å². The third-order valence-electron chi connectivity index (χ3n) is 1.63. The second-order valence-electron chi connectivity index (χ2n) is 3.07. The molecule has 0 aliphatic carbocycles. The number of hydrogen-bond donors (Lipinski definition) is 1. The Morgan fingerprint density at radius 1 is 1.39 bits per heavy atom. The summed E-state index contributed by atoms with van der Waals surface area (Å²) in [4.78, 5) is 30.3. The van der Waals surface area contributed by atoms with Crippen LogP contribution in [0.25, 0.3) is 0 Å². The van der Waals surface area contributed by atoms with Gasteiger partial charge in [-0.15, -0.1) is 11.8 Å². The number of anilines is 1. The maximum atomic E-state index is 11.5. The summed E-state index contributed by atoms with van der Waals surface area (Å²) in [6.07, 6.45) is 3.07. The average Bonchev–Trinajstić information content (AvgIpc) is 2.32. The quantitative estimate of drug-likeness (QED) is 0.794. The Morgan fingerprint density at radius 3 is 2.67 bits per heavy atom. The van der Waals surface area contributed by atoms with E-state index in [1.165, 1.54) is 24.2 Å². The Labute approximate surface area is 117 Å². The molecule has 0 unspecified atom stereocenters. The predicted molar refractivity (Wildman–Crippen MR) is 72.3 cm³/mol. The van der Waals surface area contributed by atoms with Gasteiger partial charge in [0.05, 0.1) is 22.6 Å². The predicted octanol–water partition coefficient (Wildman–Crippen LogP) is 1.47. The maximum Gasteiger partial charge on any atom is 0.315 e. The first-order valence-corrected chi connectivity index (χ1v) is 7.07. The number of halogens is 1. The topological polar surface area (TPSA) is 81.2 Å². The van der Waals surface area contributed by atoms with Crippen molar-refractivity contribution in [1.82, 2.24) is 9.97 Å². The van der Waals surface area contributed by atoms with Crippen molar-refractivity contribution in [2.45, 2.75) is 6.92 Å². The molecule has 0 spiro atoms. The number of rotatable bonds is 6. The third kappa shape index (κ3) is 5.97. The summed E-state index contributed by atoms with van der Waals surface area (Å²) in [6.45, 7) is 2.08. The number of amides is 1. The fourth-order valence-electron chi connectivity index (χ4n) is 0.967. The van der Waals surface area contributed by atoms with Gasteiger partial charge in [0.25, 0.3) is 0 Å². The number of esters is 1. The first-order valence-electron chi connectivity index (χ1n) is 5.12. The van der Waals surface area contributed by atoms with Crippen LogP contribution in [-0.2, 0) is 14.3 Å². The molecule has 0 aliphatic rings. The van der Waals surface area contributed by atoms with Gasteiger partial charge in [-0.25, -0.2) is 9.97 Å². The van der Waals surface area contributed by atoms with E-state index in [2.05, 4.69) is 31.2 Å². The van der Waals surface area contributed by atoms with Gasteiger partial charge in [0.15, 0.2) is 0 Å². The molecule has 1 rings (SSSR count). The minimum absolute atomic E-state index is 0.151. The first kappa shape index (κ1) is 14.9. The van der Waals surface area contributed by atoms with Crippen molar-refractivity contribution in [2.75, 3.05) is 23.4 Å². The summed E-state index contributed by atoms with van der Waals surface area (Å²) in [7, 11) is 0. The summed E-state index contributed by atoms with van der Waals surface area (Å²) in [5.74, 6) is -0.0394. The van der Waals surface area contributed by atoms with Gasteiger partial charge >= 0.3 is 5.97 Å². The number of nitrogens with zero attached hydrogens (tertiary/aromatic N) is 2. The highest BCUT2D eigenvalue weighted by molar-refractivity contribution is 9.10.